The zero-order valence-corrected chi connectivity index (χ0v) is 10.7. The Morgan fingerprint density at radius 1 is 1.39 bits per heavy atom. The van der Waals surface area contributed by atoms with E-state index >= 15 is 0 Å². The number of nitrogens with zero attached hydrogens (tertiary/aromatic N) is 1. The first-order chi connectivity index (χ1) is 8.84. The molecule has 1 amide bonds. The van der Waals surface area contributed by atoms with E-state index in [1.54, 1.807) is 6.20 Å². The third-order valence-electron chi connectivity index (χ3n) is 3.05. The molecule has 1 fully saturated rings. The van der Waals surface area contributed by atoms with E-state index in [9.17, 15) is 4.79 Å². The monoisotopic (exact) mass is 247 g/mol. The molecule has 2 rings (SSSR count). The third-order valence-corrected chi connectivity index (χ3v) is 3.05. The summed E-state index contributed by atoms with van der Waals surface area (Å²) in [7, 11) is 0. The van der Waals surface area contributed by atoms with Crippen LogP contribution >= 0.6 is 0 Å². The minimum Gasteiger partial charge on any atom is -0.356 e. The van der Waals surface area contributed by atoms with Gasteiger partial charge in [-0.3, -0.25) is 9.78 Å². The third kappa shape index (κ3) is 5.27. The van der Waals surface area contributed by atoms with Gasteiger partial charge in [0.1, 0.15) is 0 Å². The Labute approximate surface area is 108 Å². The highest BCUT2D eigenvalue weighted by molar-refractivity contribution is 5.76. The number of carbonyl (C=O) groups excluding carboxylic acids is 1. The number of pyridine rings is 1. The van der Waals surface area contributed by atoms with Crippen molar-refractivity contribution < 1.29 is 4.79 Å². The molecule has 0 aromatic carbocycles. The fourth-order valence-corrected chi connectivity index (χ4v) is 1.80. The molecular formula is C14H21N3O. The highest BCUT2D eigenvalue weighted by Crippen LogP contribution is 2.18. The summed E-state index contributed by atoms with van der Waals surface area (Å²) in [5.41, 5.74) is 1.11. The number of aryl methyl sites for hydroxylation is 1. The lowest BCUT2D eigenvalue weighted by Gasteiger charge is -2.06. The molecule has 0 saturated heterocycles. The Morgan fingerprint density at radius 2 is 2.28 bits per heavy atom. The van der Waals surface area contributed by atoms with Crippen LogP contribution in [0, 0.1) is 0 Å². The lowest BCUT2D eigenvalue weighted by Crippen LogP contribution is -2.28. The van der Waals surface area contributed by atoms with Crippen molar-refractivity contribution in [3.05, 3.63) is 30.1 Å². The van der Waals surface area contributed by atoms with Gasteiger partial charge in [-0.1, -0.05) is 6.07 Å². The SMILES string of the molecule is O=C(CCc1cccnc1)NCCCNC1CC1. The van der Waals surface area contributed by atoms with Gasteiger partial charge in [0.2, 0.25) is 5.91 Å². The van der Waals surface area contributed by atoms with Crippen LogP contribution in [0.1, 0.15) is 31.2 Å². The Balaban J connectivity index is 1.49. The predicted octanol–water partition coefficient (Wildman–Crippen LogP) is 1.27. The number of hydrogen-bond acceptors (Lipinski definition) is 3. The number of aromatic nitrogens is 1. The van der Waals surface area contributed by atoms with Crippen LogP contribution in [0.25, 0.3) is 0 Å². The number of carbonyl (C=O) groups is 1. The second-order valence-electron chi connectivity index (χ2n) is 4.79. The van der Waals surface area contributed by atoms with Gasteiger partial charge >= 0.3 is 0 Å². The van der Waals surface area contributed by atoms with Crippen LogP contribution in [0.15, 0.2) is 24.5 Å². The number of nitrogens with one attached hydrogen (secondary N) is 2. The Morgan fingerprint density at radius 3 is 3.00 bits per heavy atom. The minimum absolute atomic E-state index is 0.130. The molecule has 0 atom stereocenters. The Hall–Kier alpha value is -1.42. The number of amides is 1. The van der Waals surface area contributed by atoms with Gasteiger partial charge in [0.25, 0.3) is 0 Å². The molecule has 4 heteroatoms. The molecule has 1 aromatic heterocycles. The topological polar surface area (TPSA) is 54.0 Å². The van der Waals surface area contributed by atoms with Gasteiger partial charge in [0.05, 0.1) is 0 Å². The lowest BCUT2D eigenvalue weighted by molar-refractivity contribution is -0.121. The van der Waals surface area contributed by atoms with Gasteiger partial charge in [0, 0.05) is 31.4 Å². The van der Waals surface area contributed by atoms with E-state index in [2.05, 4.69) is 15.6 Å². The first-order valence-electron chi connectivity index (χ1n) is 6.73. The summed E-state index contributed by atoms with van der Waals surface area (Å²) in [6.07, 6.45) is 8.51. The largest absolute Gasteiger partial charge is 0.356 e. The molecule has 1 aliphatic carbocycles. The summed E-state index contributed by atoms with van der Waals surface area (Å²) in [4.78, 5) is 15.6. The molecule has 1 aliphatic rings. The van der Waals surface area contributed by atoms with E-state index in [0.29, 0.717) is 6.42 Å². The summed E-state index contributed by atoms with van der Waals surface area (Å²) in [5, 5.41) is 6.38. The molecule has 1 heterocycles. The van der Waals surface area contributed by atoms with Crippen molar-refractivity contribution in [1.82, 2.24) is 15.6 Å². The van der Waals surface area contributed by atoms with Gasteiger partial charge in [-0.05, 0) is 43.9 Å². The minimum atomic E-state index is 0.130. The van der Waals surface area contributed by atoms with Crippen molar-refractivity contribution in [3.8, 4) is 0 Å². The molecule has 2 N–H and O–H groups in total. The summed E-state index contributed by atoms with van der Waals surface area (Å²) in [6, 6.07) is 4.66. The van der Waals surface area contributed by atoms with Crippen molar-refractivity contribution >= 4 is 5.91 Å². The highest BCUT2D eigenvalue weighted by Gasteiger charge is 2.19. The second-order valence-corrected chi connectivity index (χ2v) is 4.79. The van der Waals surface area contributed by atoms with Gasteiger partial charge in [0.15, 0.2) is 0 Å². The molecule has 1 aromatic rings. The Bertz CT molecular complexity index is 363. The van der Waals surface area contributed by atoms with Crippen LogP contribution in [0.2, 0.25) is 0 Å². The molecule has 1 saturated carbocycles. The van der Waals surface area contributed by atoms with Crippen molar-refractivity contribution in [2.45, 2.75) is 38.1 Å². The van der Waals surface area contributed by atoms with Crippen LogP contribution in [-0.4, -0.2) is 30.0 Å². The first-order valence-corrected chi connectivity index (χ1v) is 6.73. The zero-order valence-electron chi connectivity index (χ0n) is 10.7. The fourth-order valence-electron chi connectivity index (χ4n) is 1.80. The van der Waals surface area contributed by atoms with Crippen LogP contribution < -0.4 is 10.6 Å². The van der Waals surface area contributed by atoms with Crippen molar-refractivity contribution in [2.24, 2.45) is 0 Å². The molecule has 98 valence electrons. The standard InChI is InChI=1S/C14H21N3O/c18-14(7-4-12-3-1-8-15-11-12)17-10-2-9-16-13-5-6-13/h1,3,8,11,13,16H,2,4-7,9-10H2,(H,17,18). The van der Waals surface area contributed by atoms with E-state index in [4.69, 9.17) is 0 Å². The van der Waals surface area contributed by atoms with Gasteiger partial charge in [-0.15, -0.1) is 0 Å². The van der Waals surface area contributed by atoms with E-state index < -0.39 is 0 Å². The van der Waals surface area contributed by atoms with Gasteiger partial charge < -0.3 is 10.6 Å². The zero-order chi connectivity index (χ0) is 12.6. The van der Waals surface area contributed by atoms with E-state index in [-0.39, 0.29) is 5.91 Å². The van der Waals surface area contributed by atoms with Crippen LogP contribution in [0.5, 0.6) is 0 Å². The van der Waals surface area contributed by atoms with Crippen molar-refractivity contribution in [3.63, 3.8) is 0 Å². The normalized spacial score (nSPS) is 14.4. The van der Waals surface area contributed by atoms with Crippen LogP contribution in [0.3, 0.4) is 0 Å². The second kappa shape index (κ2) is 7.11. The van der Waals surface area contributed by atoms with Crippen molar-refractivity contribution in [1.29, 1.82) is 0 Å². The maximum atomic E-state index is 11.6. The quantitative estimate of drug-likeness (QED) is 0.680. The Kier molecular flexibility index (Phi) is 5.15. The molecule has 4 nitrogen and oxygen atoms in total. The summed E-state index contributed by atoms with van der Waals surface area (Å²) in [6.45, 7) is 1.78. The molecule has 0 radical (unpaired) electrons. The average Bonchev–Trinajstić information content (AvgIpc) is 3.21. The van der Waals surface area contributed by atoms with E-state index in [1.807, 2.05) is 18.3 Å². The summed E-state index contributed by atoms with van der Waals surface area (Å²) < 4.78 is 0. The predicted molar refractivity (Wildman–Crippen MR) is 71.2 cm³/mol. The van der Waals surface area contributed by atoms with E-state index in [0.717, 1.165) is 37.5 Å². The van der Waals surface area contributed by atoms with Gasteiger partial charge in [-0.25, -0.2) is 0 Å². The maximum absolute atomic E-state index is 11.6. The molecule has 0 unspecified atom stereocenters. The van der Waals surface area contributed by atoms with Gasteiger partial charge in [-0.2, -0.15) is 0 Å². The summed E-state index contributed by atoms with van der Waals surface area (Å²) in [5.74, 6) is 0.130. The van der Waals surface area contributed by atoms with Crippen LogP contribution in [-0.2, 0) is 11.2 Å². The highest BCUT2D eigenvalue weighted by atomic mass is 16.1. The summed E-state index contributed by atoms with van der Waals surface area (Å²) >= 11 is 0. The maximum Gasteiger partial charge on any atom is 0.220 e. The lowest BCUT2D eigenvalue weighted by atomic mass is 10.1. The number of hydrogen-bond donors (Lipinski definition) is 2. The first kappa shape index (κ1) is 13.0. The van der Waals surface area contributed by atoms with E-state index in [1.165, 1.54) is 12.8 Å². The molecular weight excluding hydrogens is 226 g/mol. The van der Waals surface area contributed by atoms with Crippen molar-refractivity contribution in [2.75, 3.05) is 13.1 Å². The molecule has 0 aliphatic heterocycles. The fraction of sp³-hybridized carbons (Fsp3) is 0.571. The molecule has 18 heavy (non-hydrogen) atoms. The number of rotatable bonds is 8. The molecule has 0 bridgehead atoms. The smallest absolute Gasteiger partial charge is 0.220 e. The van der Waals surface area contributed by atoms with Crippen LogP contribution in [0.4, 0.5) is 0 Å². The average molecular weight is 247 g/mol. The molecule has 0 spiro atoms.